The molecule has 9 aromatic rings. The minimum atomic E-state index is 0.996. The van der Waals surface area contributed by atoms with E-state index in [9.17, 15) is 0 Å². The maximum atomic E-state index is 2.42. The lowest BCUT2D eigenvalue weighted by Crippen LogP contribution is -1.93. The van der Waals surface area contributed by atoms with Gasteiger partial charge in [0.2, 0.25) is 0 Å². The van der Waals surface area contributed by atoms with Gasteiger partial charge >= 0.3 is 0 Å². The third kappa shape index (κ3) is 3.95. The van der Waals surface area contributed by atoms with Gasteiger partial charge in [0, 0.05) is 0 Å². The maximum Gasteiger partial charge on any atom is -0.00132 e. The van der Waals surface area contributed by atoms with Crippen molar-refractivity contribution >= 4 is 43.1 Å². The molecule has 0 spiro atoms. The molecule has 0 aromatic heterocycles. The molecule has 0 saturated heterocycles. The van der Waals surface area contributed by atoms with Crippen LogP contribution in [0.1, 0.15) is 11.1 Å². The molecule has 0 radical (unpaired) electrons. The molecule has 218 valence electrons. The molecule has 0 unspecified atom stereocenters. The van der Waals surface area contributed by atoms with Crippen LogP contribution in [0.2, 0.25) is 0 Å². The summed E-state index contributed by atoms with van der Waals surface area (Å²) in [6, 6.07) is 63.0. The Labute approximate surface area is 274 Å². The van der Waals surface area contributed by atoms with Crippen molar-refractivity contribution in [3.05, 3.63) is 181 Å². The normalized spacial score (nSPS) is 12.2. The molecule has 1 aliphatic rings. The van der Waals surface area contributed by atoms with Gasteiger partial charge in [0.05, 0.1) is 0 Å². The topological polar surface area (TPSA) is 0 Å². The Balaban J connectivity index is 1.23. The predicted octanol–water partition coefficient (Wildman–Crippen LogP) is 12.9. The first kappa shape index (κ1) is 26.3. The lowest BCUT2D eigenvalue weighted by molar-refractivity contribution is 1.26. The van der Waals surface area contributed by atoms with E-state index in [4.69, 9.17) is 0 Å². The molecule has 0 fully saturated rings. The molecule has 0 nitrogen and oxygen atoms in total. The van der Waals surface area contributed by atoms with Crippen molar-refractivity contribution in [1.82, 2.24) is 0 Å². The van der Waals surface area contributed by atoms with Crippen LogP contribution in [-0.4, -0.2) is 0 Å². The second-order valence-electron chi connectivity index (χ2n) is 12.8. The van der Waals surface area contributed by atoms with E-state index in [0.29, 0.717) is 0 Å². The fourth-order valence-electron chi connectivity index (χ4n) is 8.23. The van der Waals surface area contributed by atoms with Crippen molar-refractivity contribution < 1.29 is 0 Å². The lowest BCUT2D eigenvalue weighted by atomic mass is 9.83. The van der Waals surface area contributed by atoms with Gasteiger partial charge < -0.3 is 0 Å². The molecule has 0 N–H and O–H groups in total. The summed E-state index contributed by atoms with van der Waals surface area (Å²) in [4.78, 5) is 0. The molecule has 0 atom stereocenters. The molecule has 0 heteroatoms. The molecule has 0 bridgehead atoms. The van der Waals surface area contributed by atoms with Crippen molar-refractivity contribution in [1.29, 1.82) is 0 Å². The summed E-state index contributed by atoms with van der Waals surface area (Å²) < 4.78 is 0. The highest BCUT2D eigenvalue weighted by Crippen LogP contribution is 2.48. The van der Waals surface area contributed by atoms with Crippen LogP contribution in [0.5, 0.6) is 0 Å². The second kappa shape index (κ2) is 10.3. The van der Waals surface area contributed by atoms with Crippen molar-refractivity contribution in [2.45, 2.75) is 6.42 Å². The smallest absolute Gasteiger partial charge is 0.00132 e. The average molecular weight is 595 g/mol. The van der Waals surface area contributed by atoms with Gasteiger partial charge in [-0.2, -0.15) is 0 Å². The summed E-state index contributed by atoms with van der Waals surface area (Å²) in [7, 11) is 0. The van der Waals surface area contributed by atoms with Gasteiger partial charge in [-0.3, -0.25) is 0 Å². The van der Waals surface area contributed by atoms with Gasteiger partial charge in [0.15, 0.2) is 0 Å². The Hall–Kier alpha value is -5.98. The average Bonchev–Trinajstić information content (AvgIpc) is 3.51. The van der Waals surface area contributed by atoms with E-state index in [-0.39, 0.29) is 0 Å². The van der Waals surface area contributed by atoms with Gasteiger partial charge in [0.1, 0.15) is 0 Å². The van der Waals surface area contributed by atoms with E-state index in [1.54, 1.807) is 0 Å². The highest BCUT2D eigenvalue weighted by Gasteiger charge is 2.21. The van der Waals surface area contributed by atoms with Crippen LogP contribution in [0.15, 0.2) is 170 Å². The quantitative estimate of drug-likeness (QED) is 0.179. The van der Waals surface area contributed by atoms with Crippen molar-refractivity contribution in [2.24, 2.45) is 0 Å². The second-order valence-corrected chi connectivity index (χ2v) is 12.8. The zero-order chi connectivity index (χ0) is 30.9. The van der Waals surface area contributed by atoms with Gasteiger partial charge in [0.25, 0.3) is 0 Å². The lowest BCUT2D eigenvalue weighted by Gasteiger charge is -2.20. The Bertz CT molecular complexity index is 2650. The minimum absolute atomic E-state index is 0.996. The number of rotatable bonds is 3. The molecular formula is C47H30. The zero-order valence-corrected chi connectivity index (χ0v) is 25.9. The van der Waals surface area contributed by atoms with E-state index in [2.05, 4.69) is 170 Å². The highest BCUT2D eigenvalue weighted by molar-refractivity contribution is 6.25. The van der Waals surface area contributed by atoms with E-state index in [1.165, 1.54) is 98.7 Å². The third-order valence-electron chi connectivity index (χ3n) is 10.3. The highest BCUT2D eigenvalue weighted by atomic mass is 14.2. The van der Waals surface area contributed by atoms with Crippen LogP contribution < -0.4 is 0 Å². The fraction of sp³-hybridized carbons (Fsp3) is 0.0213. The molecule has 1 aliphatic carbocycles. The molecule has 0 heterocycles. The summed E-state index contributed by atoms with van der Waals surface area (Å²) in [5.41, 5.74) is 13.3. The van der Waals surface area contributed by atoms with E-state index >= 15 is 0 Å². The van der Waals surface area contributed by atoms with Crippen molar-refractivity contribution in [3.8, 4) is 44.5 Å². The van der Waals surface area contributed by atoms with Crippen LogP contribution >= 0.6 is 0 Å². The first-order valence-electron chi connectivity index (χ1n) is 16.5. The summed E-state index contributed by atoms with van der Waals surface area (Å²) in [5.74, 6) is 0. The number of benzene rings is 9. The Kier molecular flexibility index (Phi) is 5.74. The molecule has 0 aliphatic heterocycles. The summed E-state index contributed by atoms with van der Waals surface area (Å²) >= 11 is 0. The first-order chi connectivity index (χ1) is 23.3. The van der Waals surface area contributed by atoms with Gasteiger partial charge in [-0.15, -0.1) is 0 Å². The molecule has 47 heavy (non-hydrogen) atoms. The largest absolute Gasteiger partial charge is 0.0619 e. The van der Waals surface area contributed by atoms with Crippen LogP contribution in [-0.2, 0) is 6.42 Å². The molecule has 0 amide bonds. The first-order valence-corrected chi connectivity index (χ1v) is 16.5. The van der Waals surface area contributed by atoms with Crippen LogP contribution in [0.25, 0.3) is 87.6 Å². The van der Waals surface area contributed by atoms with Gasteiger partial charge in [-0.05, 0) is 105 Å². The Morgan fingerprint density at radius 3 is 1.43 bits per heavy atom. The minimum Gasteiger partial charge on any atom is -0.0619 e. The van der Waals surface area contributed by atoms with Crippen molar-refractivity contribution in [2.75, 3.05) is 0 Å². The summed E-state index contributed by atoms with van der Waals surface area (Å²) in [6.45, 7) is 0. The van der Waals surface area contributed by atoms with E-state index < -0.39 is 0 Å². The fourth-order valence-corrected chi connectivity index (χ4v) is 8.23. The van der Waals surface area contributed by atoms with Crippen LogP contribution in [0.3, 0.4) is 0 Å². The number of hydrogen-bond acceptors (Lipinski definition) is 0. The zero-order valence-electron chi connectivity index (χ0n) is 25.9. The summed E-state index contributed by atoms with van der Waals surface area (Å²) in [6.07, 6.45) is 0.996. The SMILES string of the molecule is c1ccc2c(c1)Cc1cc(-c3ccc(-c4c5ccccc5c(-c5cccc6ccccc56)c5ccccc45)c4ccccc34)ccc1-2. The monoisotopic (exact) mass is 594 g/mol. The molecule has 0 saturated carbocycles. The third-order valence-corrected chi connectivity index (χ3v) is 10.3. The Morgan fingerprint density at radius 1 is 0.277 bits per heavy atom. The van der Waals surface area contributed by atoms with Crippen molar-refractivity contribution in [3.63, 3.8) is 0 Å². The number of fused-ring (bicyclic) bond motifs is 7. The van der Waals surface area contributed by atoms with Gasteiger partial charge in [-0.25, -0.2) is 0 Å². The summed E-state index contributed by atoms with van der Waals surface area (Å²) in [5, 5.41) is 10.2. The van der Waals surface area contributed by atoms with Gasteiger partial charge in [-0.1, -0.05) is 170 Å². The molecular weight excluding hydrogens is 565 g/mol. The van der Waals surface area contributed by atoms with E-state index in [1.807, 2.05) is 0 Å². The number of hydrogen-bond donors (Lipinski definition) is 0. The van der Waals surface area contributed by atoms with E-state index in [0.717, 1.165) is 6.42 Å². The van der Waals surface area contributed by atoms with Crippen LogP contribution in [0.4, 0.5) is 0 Å². The standard InChI is InChI=1S/C47H30/c1-3-15-34-30(12-1)14-11-23-40(34)46-41-19-7-9-21-43(41)47(44-22-10-8-20-42(44)46)45-27-26-36(38-17-5-6-18-39(38)45)32-24-25-37-33(29-32)28-31-13-2-4-16-35(31)37/h1-27,29H,28H2. The maximum absolute atomic E-state index is 2.42. The predicted molar refractivity (Wildman–Crippen MR) is 201 cm³/mol. The Morgan fingerprint density at radius 2 is 0.723 bits per heavy atom. The molecule has 10 rings (SSSR count). The van der Waals surface area contributed by atoms with Crippen LogP contribution in [0, 0.1) is 0 Å². The molecule has 9 aromatic carbocycles.